The molecule has 90 valence electrons. The Bertz CT molecular complexity index is 427. The third kappa shape index (κ3) is 3.08. The van der Waals surface area contributed by atoms with Crippen molar-refractivity contribution < 1.29 is 0 Å². The molecule has 2 heteroatoms. The average Bonchev–Trinajstić information content (AvgIpc) is 3.07. The summed E-state index contributed by atoms with van der Waals surface area (Å²) in [6, 6.07) is 11.3. The zero-order valence-electron chi connectivity index (χ0n) is 10.7. The van der Waals surface area contributed by atoms with Gasteiger partial charge in [-0.1, -0.05) is 29.8 Å². The Morgan fingerprint density at radius 1 is 1.47 bits per heavy atom. The van der Waals surface area contributed by atoms with Crippen LogP contribution in [0.4, 0.5) is 0 Å². The zero-order chi connectivity index (χ0) is 12.3. The van der Waals surface area contributed by atoms with E-state index in [1.807, 2.05) is 0 Å². The van der Waals surface area contributed by atoms with E-state index in [-0.39, 0.29) is 5.41 Å². The monoisotopic (exact) mass is 228 g/mol. The van der Waals surface area contributed by atoms with Crippen LogP contribution in [0.5, 0.6) is 0 Å². The van der Waals surface area contributed by atoms with Gasteiger partial charge >= 0.3 is 0 Å². The van der Waals surface area contributed by atoms with Crippen LogP contribution in [0.3, 0.4) is 0 Å². The van der Waals surface area contributed by atoms with Crippen LogP contribution in [0.15, 0.2) is 24.3 Å². The Morgan fingerprint density at radius 2 is 2.24 bits per heavy atom. The van der Waals surface area contributed by atoms with Gasteiger partial charge in [-0.2, -0.15) is 5.26 Å². The van der Waals surface area contributed by atoms with Crippen molar-refractivity contribution in [1.29, 1.82) is 5.26 Å². The largest absolute Gasteiger partial charge is 0.310 e. The molecule has 0 unspecified atom stereocenters. The van der Waals surface area contributed by atoms with Crippen molar-refractivity contribution in [3.63, 3.8) is 0 Å². The van der Waals surface area contributed by atoms with Crippen molar-refractivity contribution >= 4 is 0 Å². The van der Waals surface area contributed by atoms with Gasteiger partial charge in [0.1, 0.15) is 0 Å². The minimum Gasteiger partial charge on any atom is -0.310 e. The first kappa shape index (κ1) is 12.1. The first-order valence-electron chi connectivity index (χ1n) is 6.32. The van der Waals surface area contributed by atoms with E-state index in [9.17, 15) is 0 Å². The minimum absolute atomic E-state index is 0.285. The molecule has 0 amide bonds. The van der Waals surface area contributed by atoms with Crippen LogP contribution in [0.25, 0.3) is 0 Å². The second-order valence-electron chi connectivity index (χ2n) is 5.35. The lowest BCUT2D eigenvalue weighted by Crippen LogP contribution is -2.26. The molecule has 1 saturated carbocycles. The molecule has 17 heavy (non-hydrogen) atoms. The van der Waals surface area contributed by atoms with E-state index < -0.39 is 0 Å². The van der Waals surface area contributed by atoms with Gasteiger partial charge in [-0.25, -0.2) is 0 Å². The Labute approximate surface area is 104 Å². The van der Waals surface area contributed by atoms with Gasteiger partial charge in [0.05, 0.1) is 6.07 Å². The maximum Gasteiger partial charge on any atom is 0.0628 e. The second kappa shape index (κ2) is 4.89. The number of benzene rings is 1. The highest BCUT2D eigenvalue weighted by Crippen LogP contribution is 2.48. The summed E-state index contributed by atoms with van der Waals surface area (Å²) in [6.45, 7) is 5.28. The van der Waals surface area contributed by atoms with E-state index in [4.69, 9.17) is 5.26 Å². The highest BCUT2D eigenvalue weighted by atomic mass is 14.9. The van der Waals surface area contributed by atoms with Crippen molar-refractivity contribution in [2.45, 2.75) is 39.2 Å². The molecule has 2 nitrogen and oxygen atoms in total. The van der Waals surface area contributed by atoms with Crippen molar-refractivity contribution in [2.24, 2.45) is 5.41 Å². The van der Waals surface area contributed by atoms with Crippen molar-refractivity contribution in [1.82, 2.24) is 5.32 Å². The summed E-state index contributed by atoms with van der Waals surface area (Å²) in [4.78, 5) is 0. The predicted octanol–water partition coefficient (Wildman–Crippen LogP) is 3.34. The van der Waals surface area contributed by atoms with Gasteiger partial charge in [0, 0.05) is 19.0 Å². The molecular weight excluding hydrogens is 208 g/mol. The van der Waals surface area contributed by atoms with Crippen molar-refractivity contribution in [3.8, 4) is 6.07 Å². The fraction of sp³-hybridized carbons (Fsp3) is 0.533. The van der Waals surface area contributed by atoms with Gasteiger partial charge in [0.2, 0.25) is 0 Å². The standard InChI is InChI=1S/C15H20N2/c1-12-4-3-5-14(10-12)13(2)17-11-15(6-7-15)8-9-16/h3-5,10,13,17H,6-8,11H2,1-2H3/t13-/m1/s1. The van der Waals surface area contributed by atoms with Crippen LogP contribution in [-0.2, 0) is 0 Å². The Hall–Kier alpha value is -1.33. The fourth-order valence-corrected chi connectivity index (χ4v) is 2.19. The topological polar surface area (TPSA) is 35.8 Å². The van der Waals surface area contributed by atoms with Gasteiger partial charge in [-0.3, -0.25) is 0 Å². The molecule has 1 aliphatic carbocycles. The smallest absolute Gasteiger partial charge is 0.0628 e. The number of rotatable bonds is 5. The van der Waals surface area contributed by atoms with E-state index in [1.165, 1.54) is 24.0 Å². The van der Waals surface area contributed by atoms with E-state index in [2.05, 4.69) is 49.5 Å². The molecule has 0 spiro atoms. The average molecular weight is 228 g/mol. The highest BCUT2D eigenvalue weighted by Gasteiger charge is 2.42. The molecule has 1 aliphatic rings. The molecule has 2 rings (SSSR count). The molecule has 0 saturated heterocycles. The number of nitrogens with one attached hydrogen (secondary N) is 1. The summed E-state index contributed by atoms with van der Waals surface area (Å²) in [5, 5.41) is 12.3. The normalized spacial score (nSPS) is 18.4. The molecule has 1 N–H and O–H groups in total. The lowest BCUT2D eigenvalue weighted by molar-refractivity contribution is 0.433. The van der Waals surface area contributed by atoms with Crippen LogP contribution in [0, 0.1) is 23.7 Å². The van der Waals surface area contributed by atoms with Gasteiger partial charge < -0.3 is 5.32 Å². The number of hydrogen-bond donors (Lipinski definition) is 1. The van der Waals surface area contributed by atoms with Crippen LogP contribution in [0.1, 0.15) is 43.4 Å². The number of hydrogen-bond acceptors (Lipinski definition) is 2. The molecule has 0 aliphatic heterocycles. The molecule has 1 aromatic rings. The molecule has 0 aromatic heterocycles. The van der Waals surface area contributed by atoms with E-state index in [0.29, 0.717) is 12.5 Å². The number of aryl methyl sites for hydroxylation is 1. The quantitative estimate of drug-likeness (QED) is 0.839. The number of nitrogens with zero attached hydrogens (tertiary/aromatic N) is 1. The molecule has 1 atom stereocenters. The first-order chi connectivity index (χ1) is 8.15. The summed E-state index contributed by atoms with van der Waals surface area (Å²) >= 11 is 0. The SMILES string of the molecule is Cc1cccc([C@@H](C)NCC2(CC#N)CC2)c1. The summed E-state index contributed by atoms with van der Waals surface area (Å²) in [5.41, 5.74) is 2.92. The van der Waals surface area contributed by atoms with Crippen LogP contribution in [0.2, 0.25) is 0 Å². The van der Waals surface area contributed by atoms with E-state index in [1.54, 1.807) is 0 Å². The maximum absolute atomic E-state index is 8.78. The summed E-state index contributed by atoms with van der Waals surface area (Å²) < 4.78 is 0. The molecule has 1 aromatic carbocycles. The summed E-state index contributed by atoms with van der Waals surface area (Å²) in [6.07, 6.45) is 3.10. The van der Waals surface area contributed by atoms with Crippen LogP contribution < -0.4 is 5.32 Å². The molecule has 0 heterocycles. The van der Waals surface area contributed by atoms with Gasteiger partial charge in [0.15, 0.2) is 0 Å². The van der Waals surface area contributed by atoms with Crippen molar-refractivity contribution in [2.75, 3.05) is 6.54 Å². The van der Waals surface area contributed by atoms with Gasteiger partial charge in [-0.15, -0.1) is 0 Å². The zero-order valence-corrected chi connectivity index (χ0v) is 10.7. The van der Waals surface area contributed by atoms with Gasteiger partial charge in [-0.05, 0) is 37.7 Å². The lowest BCUT2D eigenvalue weighted by atomic mass is 10.0. The molecular formula is C15H20N2. The maximum atomic E-state index is 8.78. The van der Waals surface area contributed by atoms with Crippen LogP contribution >= 0.6 is 0 Å². The van der Waals surface area contributed by atoms with E-state index >= 15 is 0 Å². The lowest BCUT2D eigenvalue weighted by Gasteiger charge is -2.18. The Kier molecular flexibility index (Phi) is 3.49. The third-order valence-electron chi connectivity index (χ3n) is 3.74. The second-order valence-corrected chi connectivity index (χ2v) is 5.35. The van der Waals surface area contributed by atoms with Crippen LogP contribution in [-0.4, -0.2) is 6.54 Å². The summed E-state index contributed by atoms with van der Waals surface area (Å²) in [5.74, 6) is 0. The third-order valence-corrected chi connectivity index (χ3v) is 3.74. The summed E-state index contributed by atoms with van der Waals surface area (Å²) in [7, 11) is 0. The van der Waals surface area contributed by atoms with Crippen molar-refractivity contribution in [3.05, 3.63) is 35.4 Å². The fourth-order valence-electron chi connectivity index (χ4n) is 2.19. The van der Waals surface area contributed by atoms with Gasteiger partial charge in [0.25, 0.3) is 0 Å². The molecule has 1 fully saturated rings. The Morgan fingerprint density at radius 3 is 2.82 bits per heavy atom. The Balaban J connectivity index is 1.90. The first-order valence-corrected chi connectivity index (χ1v) is 6.32. The van der Waals surface area contributed by atoms with E-state index in [0.717, 1.165) is 6.54 Å². The number of nitriles is 1. The minimum atomic E-state index is 0.285. The highest BCUT2D eigenvalue weighted by molar-refractivity contribution is 5.24. The molecule has 0 radical (unpaired) electrons. The molecule has 0 bridgehead atoms. The predicted molar refractivity (Wildman–Crippen MR) is 69.5 cm³/mol.